The molecule has 1 fully saturated rings. The molecule has 1 aliphatic heterocycles. The molecule has 0 atom stereocenters. The van der Waals surface area contributed by atoms with Gasteiger partial charge in [0.15, 0.2) is 6.29 Å². The highest BCUT2D eigenvalue weighted by Gasteiger charge is 2.21. The van der Waals surface area contributed by atoms with E-state index in [2.05, 4.69) is 6.92 Å². The number of benzene rings is 1. The fraction of sp³-hybridized carbons (Fsp3) is 0.600. The van der Waals surface area contributed by atoms with Crippen molar-refractivity contribution in [2.75, 3.05) is 13.2 Å². The zero-order chi connectivity index (χ0) is 13.7. The summed E-state index contributed by atoms with van der Waals surface area (Å²) in [6, 6.07) is 5.63. The normalized spacial score (nSPS) is 23.5. The van der Waals surface area contributed by atoms with E-state index in [1.807, 2.05) is 12.1 Å². The maximum atomic E-state index is 5.98. The molecule has 1 aliphatic rings. The van der Waals surface area contributed by atoms with E-state index in [1.165, 1.54) is 12.8 Å². The summed E-state index contributed by atoms with van der Waals surface area (Å²) in [7, 11) is 0. The summed E-state index contributed by atoms with van der Waals surface area (Å²) in [5.41, 5.74) is 1.13. The van der Waals surface area contributed by atoms with Gasteiger partial charge in [-0.3, -0.25) is 0 Å². The van der Waals surface area contributed by atoms with Crippen molar-refractivity contribution in [3.05, 3.63) is 33.8 Å². The Morgan fingerprint density at radius 3 is 2.26 bits per heavy atom. The van der Waals surface area contributed by atoms with Crippen LogP contribution in [-0.4, -0.2) is 19.5 Å². The predicted octanol–water partition coefficient (Wildman–Crippen LogP) is 4.72. The Bertz CT molecular complexity index is 381. The van der Waals surface area contributed by atoms with Gasteiger partial charge in [-0.25, -0.2) is 0 Å². The summed E-state index contributed by atoms with van der Waals surface area (Å²) in [6.07, 6.45) is 3.98. The van der Waals surface area contributed by atoms with Gasteiger partial charge in [-0.1, -0.05) is 36.5 Å². The van der Waals surface area contributed by atoms with Crippen molar-refractivity contribution in [1.82, 2.24) is 0 Å². The van der Waals surface area contributed by atoms with Crippen LogP contribution in [0.15, 0.2) is 18.2 Å². The van der Waals surface area contributed by atoms with Gasteiger partial charge in [0.2, 0.25) is 0 Å². The monoisotopic (exact) mass is 302 g/mol. The molecule has 106 valence electrons. The minimum absolute atomic E-state index is 0.0918. The van der Waals surface area contributed by atoms with Crippen LogP contribution in [0.25, 0.3) is 0 Å². The molecule has 0 aliphatic carbocycles. The second-order valence-corrected chi connectivity index (χ2v) is 5.94. The summed E-state index contributed by atoms with van der Waals surface area (Å²) in [5.74, 6) is 0.557. The minimum Gasteiger partial charge on any atom is -0.352 e. The Balaban J connectivity index is 1.77. The van der Waals surface area contributed by atoms with Gasteiger partial charge in [0.25, 0.3) is 0 Å². The molecule has 1 heterocycles. The van der Waals surface area contributed by atoms with Gasteiger partial charge >= 0.3 is 0 Å². The third kappa shape index (κ3) is 4.96. The second-order valence-electron chi connectivity index (χ2n) is 5.07. The number of rotatable bonds is 5. The lowest BCUT2D eigenvalue weighted by Gasteiger charge is -2.29. The van der Waals surface area contributed by atoms with Gasteiger partial charge in [-0.15, -0.1) is 0 Å². The predicted molar refractivity (Wildman–Crippen MR) is 78.9 cm³/mol. The highest BCUT2D eigenvalue weighted by molar-refractivity contribution is 6.34. The number of aryl methyl sites for hydroxylation is 1. The number of halogens is 2. The summed E-state index contributed by atoms with van der Waals surface area (Å²) in [6.45, 7) is 3.82. The lowest BCUT2D eigenvalue weighted by molar-refractivity contribution is -0.203. The second kappa shape index (κ2) is 7.49. The smallest absolute Gasteiger partial charge is 0.157 e. The van der Waals surface area contributed by atoms with Crippen LogP contribution in [0.4, 0.5) is 0 Å². The molecule has 0 spiro atoms. The molecule has 4 heteroatoms. The zero-order valence-corrected chi connectivity index (χ0v) is 12.7. The van der Waals surface area contributed by atoms with Crippen LogP contribution in [0.2, 0.25) is 10.0 Å². The molecule has 1 aromatic carbocycles. The van der Waals surface area contributed by atoms with E-state index in [0.29, 0.717) is 16.0 Å². The van der Waals surface area contributed by atoms with Crippen LogP contribution in [0.3, 0.4) is 0 Å². The average Bonchev–Trinajstić information content (AvgIpc) is 2.37. The maximum Gasteiger partial charge on any atom is 0.157 e. The average molecular weight is 303 g/mol. The first-order valence-corrected chi connectivity index (χ1v) is 7.61. The largest absolute Gasteiger partial charge is 0.352 e. The fourth-order valence-corrected chi connectivity index (χ4v) is 2.94. The minimum atomic E-state index is -0.0918. The Hall–Kier alpha value is -0.280. The van der Waals surface area contributed by atoms with Crippen LogP contribution in [0, 0.1) is 5.92 Å². The Kier molecular flexibility index (Phi) is 5.96. The SMILES string of the molecule is CCCC1COC(CCc2cc(Cl)cc(Cl)c2)OC1. The molecule has 19 heavy (non-hydrogen) atoms. The Labute approximate surface area is 125 Å². The number of hydrogen-bond donors (Lipinski definition) is 0. The van der Waals surface area contributed by atoms with Crippen molar-refractivity contribution in [3.8, 4) is 0 Å². The van der Waals surface area contributed by atoms with Gasteiger partial charge in [0.05, 0.1) is 13.2 Å². The molecular weight excluding hydrogens is 283 g/mol. The molecule has 0 bridgehead atoms. The first-order valence-electron chi connectivity index (χ1n) is 6.85. The summed E-state index contributed by atoms with van der Waals surface area (Å²) in [4.78, 5) is 0. The molecule has 2 nitrogen and oxygen atoms in total. The fourth-order valence-electron chi connectivity index (χ4n) is 2.36. The summed E-state index contributed by atoms with van der Waals surface area (Å²) >= 11 is 12.0. The van der Waals surface area contributed by atoms with Crippen molar-refractivity contribution >= 4 is 23.2 Å². The third-order valence-corrected chi connectivity index (χ3v) is 3.76. The van der Waals surface area contributed by atoms with Crippen LogP contribution in [0.1, 0.15) is 31.7 Å². The standard InChI is InChI=1S/C15H20Cl2O2/c1-2-3-12-9-18-15(19-10-12)5-4-11-6-13(16)8-14(17)7-11/h6-8,12,15H,2-5,9-10H2,1H3. The Morgan fingerprint density at radius 2 is 1.68 bits per heavy atom. The van der Waals surface area contributed by atoms with E-state index in [-0.39, 0.29) is 6.29 Å². The van der Waals surface area contributed by atoms with Crippen LogP contribution < -0.4 is 0 Å². The zero-order valence-electron chi connectivity index (χ0n) is 11.2. The van der Waals surface area contributed by atoms with E-state index in [9.17, 15) is 0 Å². The van der Waals surface area contributed by atoms with Gasteiger partial charge in [-0.05, 0) is 36.6 Å². The van der Waals surface area contributed by atoms with Crippen molar-refractivity contribution < 1.29 is 9.47 Å². The van der Waals surface area contributed by atoms with Crippen LogP contribution in [0.5, 0.6) is 0 Å². The molecule has 0 radical (unpaired) electrons. The van der Waals surface area contributed by atoms with Crippen molar-refractivity contribution in [3.63, 3.8) is 0 Å². The van der Waals surface area contributed by atoms with Crippen molar-refractivity contribution in [2.45, 2.75) is 38.9 Å². The molecule has 2 rings (SSSR count). The molecule has 1 aromatic rings. The topological polar surface area (TPSA) is 18.5 Å². The Morgan fingerprint density at radius 1 is 1.05 bits per heavy atom. The highest BCUT2D eigenvalue weighted by atomic mass is 35.5. The highest BCUT2D eigenvalue weighted by Crippen LogP contribution is 2.22. The molecule has 0 N–H and O–H groups in total. The van der Waals surface area contributed by atoms with E-state index in [0.717, 1.165) is 31.6 Å². The molecule has 0 saturated carbocycles. The summed E-state index contributed by atoms with van der Waals surface area (Å²) < 4.78 is 11.5. The summed E-state index contributed by atoms with van der Waals surface area (Å²) in [5, 5.41) is 1.35. The molecule has 1 saturated heterocycles. The van der Waals surface area contributed by atoms with E-state index in [1.54, 1.807) is 6.07 Å². The van der Waals surface area contributed by atoms with Crippen molar-refractivity contribution in [1.29, 1.82) is 0 Å². The van der Waals surface area contributed by atoms with Crippen LogP contribution in [-0.2, 0) is 15.9 Å². The van der Waals surface area contributed by atoms with E-state index < -0.39 is 0 Å². The molecule has 0 aromatic heterocycles. The lowest BCUT2D eigenvalue weighted by Crippen LogP contribution is -2.32. The lowest BCUT2D eigenvalue weighted by atomic mass is 10.0. The van der Waals surface area contributed by atoms with E-state index >= 15 is 0 Å². The number of ether oxygens (including phenoxy) is 2. The van der Waals surface area contributed by atoms with Crippen molar-refractivity contribution in [2.24, 2.45) is 5.92 Å². The van der Waals surface area contributed by atoms with Gasteiger partial charge in [0.1, 0.15) is 0 Å². The third-order valence-electron chi connectivity index (χ3n) is 3.32. The molecule has 0 unspecified atom stereocenters. The van der Waals surface area contributed by atoms with Gasteiger partial charge in [-0.2, -0.15) is 0 Å². The first-order chi connectivity index (χ1) is 9.17. The van der Waals surface area contributed by atoms with Gasteiger partial charge < -0.3 is 9.47 Å². The number of hydrogen-bond acceptors (Lipinski definition) is 2. The quantitative estimate of drug-likeness (QED) is 0.784. The first kappa shape index (κ1) is 15.1. The van der Waals surface area contributed by atoms with E-state index in [4.69, 9.17) is 32.7 Å². The molecule has 0 amide bonds. The van der Waals surface area contributed by atoms with Crippen LogP contribution >= 0.6 is 23.2 Å². The molecular formula is C15H20Cl2O2. The van der Waals surface area contributed by atoms with Gasteiger partial charge in [0, 0.05) is 22.4 Å². The maximum absolute atomic E-state index is 5.98.